The Morgan fingerprint density at radius 2 is 1.97 bits per heavy atom. The SMILES string of the molecule is Cn1nccc1Nc1cc(-c2cc3n4c(nnc4c2)C(On2cc(C(F)(F)F)cn2)CCO3)ccn1. The van der Waals surface area contributed by atoms with Crippen LogP contribution in [0, 0.1) is 0 Å². The Morgan fingerprint density at radius 1 is 1.08 bits per heavy atom. The quantitative estimate of drug-likeness (QED) is 0.393. The number of pyridine rings is 2. The summed E-state index contributed by atoms with van der Waals surface area (Å²) in [4.78, 5) is 10.8. The maximum atomic E-state index is 12.9. The van der Waals surface area contributed by atoms with Crippen LogP contribution in [0.15, 0.2) is 55.1 Å². The minimum atomic E-state index is -4.51. The first-order valence-corrected chi connectivity index (χ1v) is 10.9. The molecule has 0 spiro atoms. The van der Waals surface area contributed by atoms with Crippen LogP contribution < -0.4 is 14.9 Å². The fourth-order valence-corrected chi connectivity index (χ4v) is 3.93. The first-order valence-electron chi connectivity index (χ1n) is 10.9. The molecule has 5 aromatic heterocycles. The summed E-state index contributed by atoms with van der Waals surface area (Å²) in [6, 6.07) is 9.28. The Hall–Kier alpha value is -4.62. The van der Waals surface area contributed by atoms with Gasteiger partial charge in [0.2, 0.25) is 5.88 Å². The molecule has 11 nitrogen and oxygen atoms in total. The lowest BCUT2D eigenvalue weighted by molar-refractivity contribution is -0.138. The second kappa shape index (κ2) is 8.25. The second-order valence-corrected chi connectivity index (χ2v) is 8.09. The molecule has 6 rings (SSSR count). The molecule has 1 aliphatic rings. The molecule has 1 N–H and O–H groups in total. The molecule has 0 radical (unpaired) electrons. The summed E-state index contributed by atoms with van der Waals surface area (Å²) in [6.07, 6.45) is -0.0294. The van der Waals surface area contributed by atoms with Crippen LogP contribution in [0.1, 0.15) is 23.9 Å². The van der Waals surface area contributed by atoms with Gasteiger partial charge in [0, 0.05) is 31.8 Å². The molecule has 0 saturated heterocycles. The Kier molecular flexibility index (Phi) is 5.01. The van der Waals surface area contributed by atoms with E-state index in [0.717, 1.165) is 28.0 Å². The minimum absolute atomic E-state index is 0.254. The standard InChI is InChI=1S/C22H18F3N9O2/c1-32-18(3-6-27-32)29-17-8-13(2-5-26-17)14-9-19-30-31-21-16(4-7-35-20(10-14)34(19)21)36-33-12-15(11-28-33)22(23,24)25/h2-3,5-6,8-12,16H,4,7H2,1H3,(H,26,29). The fourth-order valence-electron chi connectivity index (χ4n) is 3.93. The average Bonchev–Trinajstić information content (AvgIpc) is 3.56. The lowest BCUT2D eigenvalue weighted by atomic mass is 10.1. The third-order valence-electron chi connectivity index (χ3n) is 5.71. The van der Waals surface area contributed by atoms with Gasteiger partial charge in [-0.2, -0.15) is 18.3 Å². The number of hydrogen-bond donors (Lipinski definition) is 1. The predicted octanol–water partition coefficient (Wildman–Crippen LogP) is 3.44. The van der Waals surface area contributed by atoms with Crippen molar-refractivity contribution in [2.45, 2.75) is 18.7 Å². The molecule has 0 amide bonds. The highest BCUT2D eigenvalue weighted by molar-refractivity contribution is 5.72. The molecule has 1 unspecified atom stereocenters. The van der Waals surface area contributed by atoms with Crippen molar-refractivity contribution in [1.82, 2.24) is 39.3 Å². The molecule has 0 saturated carbocycles. The van der Waals surface area contributed by atoms with E-state index in [1.807, 2.05) is 37.4 Å². The Balaban J connectivity index is 1.31. The molecule has 0 aromatic carbocycles. The molecule has 36 heavy (non-hydrogen) atoms. The van der Waals surface area contributed by atoms with Gasteiger partial charge in [-0.15, -0.1) is 20.1 Å². The Labute approximate surface area is 201 Å². The van der Waals surface area contributed by atoms with Crippen LogP contribution in [-0.4, -0.2) is 45.9 Å². The number of ether oxygens (including phenoxy) is 1. The van der Waals surface area contributed by atoms with Crippen LogP contribution in [0.5, 0.6) is 5.88 Å². The highest BCUT2D eigenvalue weighted by Gasteiger charge is 2.33. The second-order valence-electron chi connectivity index (χ2n) is 8.09. The molecular weight excluding hydrogens is 479 g/mol. The van der Waals surface area contributed by atoms with E-state index >= 15 is 0 Å². The first kappa shape index (κ1) is 21.9. The van der Waals surface area contributed by atoms with E-state index in [1.54, 1.807) is 21.5 Å². The summed E-state index contributed by atoms with van der Waals surface area (Å²) < 4.78 is 48.1. The summed E-state index contributed by atoms with van der Waals surface area (Å²) in [7, 11) is 1.83. The van der Waals surface area contributed by atoms with E-state index < -0.39 is 17.8 Å². The molecular formula is C22H18F3N9O2. The van der Waals surface area contributed by atoms with Crippen molar-refractivity contribution in [3.63, 3.8) is 0 Å². The zero-order chi connectivity index (χ0) is 24.9. The van der Waals surface area contributed by atoms with Crippen LogP contribution >= 0.6 is 0 Å². The van der Waals surface area contributed by atoms with Crippen molar-refractivity contribution in [3.05, 3.63) is 66.5 Å². The first-order chi connectivity index (χ1) is 17.3. The third-order valence-corrected chi connectivity index (χ3v) is 5.71. The molecule has 14 heteroatoms. The van der Waals surface area contributed by atoms with E-state index in [4.69, 9.17) is 9.57 Å². The minimum Gasteiger partial charge on any atom is -0.478 e. The van der Waals surface area contributed by atoms with Gasteiger partial charge >= 0.3 is 6.18 Å². The van der Waals surface area contributed by atoms with Crippen molar-refractivity contribution in [2.75, 3.05) is 11.9 Å². The largest absolute Gasteiger partial charge is 0.478 e. The molecule has 1 aliphatic heterocycles. The molecule has 6 heterocycles. The molecule has 5 aromatic rings. The van der Waals surface area contributed by atoms with Crippen molar-refractivity contribution in [3.8, 4) is 17.0 Å². The van der Waals surface area contributed by atoms with Crippen LogP contribution in [0.3, 0.4) is 0 Å². The van der Waals surface area contributed by atoms with Gasteiger partial charge in [0.1, 0.15) is 11.6 Å². The summed E-state index contributed by atoms with van der Waals surface area (Å²) in [5.41, 5.74) is 1.30. The summed E-state index contributed by atoms with van der Waals surface area (Å²) in [5, 5.41) is 19.5. The van der Waals surface area contributed by atoms with Crippen molar-refractivity contribution >= 4 is 17.3 Å². The smallest absolute Gasteiger partial charge is 0.419 e. The van der Waals surface area contributed by atoms with Gasteiger partial charge in [0.15, 0.2) is 17.6 Å². The van der Waals surface area contributed by atoms with Gasteiger partial charge in [0.25, 0.3) is 0 Å². The van der Waals surface area contributed by atoms with Crippen LogP contribution in [-0.2, 0) is 13.2 Å². The zero-order valence-corrected chi connectivity index (χ0v) is 18.7. The normalized spacial score (nSPS) is 15.5. The summed E-state index contributed by atoms with van der Waals surface area (Å²) in [6.45, 7) is 0.254. The third kappa shape index (κ3) is 3.95. The number of nitrogens with zero attached hydrogens (tertiary/aromatic N) is 8. The average molecular weight is 497 g/mol. The topological polar surface area (TPSA) is 109 Å². The van der Waals surface area contributed by atoms with Crippen LogP contribution in [0.25, 0.3) is 16.8 Å². The van der Waals surface area contributed by atoms with Crippen LogP contribution in [0.4, 0.5) is 24.8 Å². The monoisotopic (exact) mass is 497 g/mol. The van der Waals surface area contributed by atoms with Crippen molar-refractivity contribution in [1.29, 1.82) is 0 Å². The van der Waals surface area contributed by atoms with Crippen LogP contribution in [0.2, 0.25) is 0 Å². The van der Waals surface area contributed by atoms with E-state index in [-0.39, 0.29) is 6.61 Å². The van der Waals surface area contributed by atoms with Crippen molar-refractivity contribution < 1.29 is 22.7 Å². The zero-order valence-electron chi connectivity index (χ0n) is 18.7. The molecule has 184 valence electrons. The molecule has 1 atom stereocenters. The van der Waals surface area contributed by atoms with Gasteiger partial charge < -0.3 is 14.9 Å². The highest BCUT2D eigenvalue weighted by Crippen LogP contribution is 2.33. The number of aryl methyl sites for hydroxylation is 1. The lowest BCUT2D eigenvalue weighted by Gasteiger charge is -2.14. The Bertz CT molecular complexity index is 1560. The van der Waals surface area contributed by atoms with E-state index in [2.05, 4.69) is 30.7 Å². The number of halogens is 3. The van der Waals surface area contributed by atoms with Gasteiger partial charge in [-0.3, -0.25) is 4.68 Å². The summed E-state index contributed by atoms with van der Waals surface area (Å²) in [5.74, 6) is 2.32. The molecule has 0 bridgehead atoms. The van der Waals surface area contributed by atoms with E-state index in [9.17, 15) is 13.2 Å². The van der Waals surface area contributed by atoms with Gasteiger partial charge in [-0.05, 0) is 29.3 Å². The van der Waals surface area contributed by atoms with Gasteiger partial charge in [0.05, 0.1) is 30.8 Å². The lowest BCUT2D eigenvalue weighted by Crippen LogP contribution is -2.21. The highest BCUT2D eigenvalue weighted by atomic mass is 19.4. The number of nitrogens with one attached hydrogen (secondary N) is 1. The van der Waals surface area contributed by atoms with Gasteiger partial charge in [-0.1, -0.05) is 0 Å². The molecule has 0 fully saturated rings. The van der Waals surface area contributed by atoms with Crippen molar-refractivity contribution in [2.24, 2.45) is 7.05 Å². The Morgan fingerprint density at radius 3 is 2.75 bits per heavy atom. The number of anilines is 2. The number of aromatic nitrogens is 8. The predicted molar refractivity (Wildman–Crippen MR) is 119 cm³/mol. The van der Waals surface area contributed by atoms with E-state index in [1.165, 1.54) is 0 Å². The number of hydrogen-bond acceptors (Lipinski definition) is 8. The van der Waals surface area contributed by atoms with E-state index in [0.29, 0.717) is 35.8 Å². The number of rotatable bonds is 5. The van der Waals surface area contributed by atoms with Gasteiger partial charge in [-0.25, -0.2) is 9.38 Å². The maximum absolute atomic E-state index is 12.9. The maximum Gasteiger partial charge on any atom is 0.419 e. The summed E-state index contributed by atoms with van der Waals surface area (Å²) >= 11 is 0. The molecule has 0 aliphatic carbocycles. The fraction of sp³-hybridized carbons (Fsp3) is 0.227. The number of alkyl halides is 3.